The Morgan fingerprint density at radius 1 is 1.12 bits per heavy atom. The van der Waals surface area contributed by atoms with Crippen LogP contribution in [-0.4, -0.2) is 59.6 Å². The topological polar surface area (TPSA) is 43.8 Å². The molecule has 0 amide bonds. The first kappa shape index (κ1) is 11.9. The second kappa shape index (κ2) is 5.64. The van der Waals surface area contributed by atoms with Crippen molar-refractivity contribution in [3.8, 4) is 0 Å². The number of aliphatic carboxylic acids is 1. The molecule has 2 fully saturated rings. The van der Waals surface area contributed by atoms with Gasteiger partial charge in [-0.1, -0.05) is 0 Å². The van der Waals surface area contributed by atoms with E-state index in [-0.39, 0.29) is 6.42 Å². The molecule has 92 valence electrons. The van der Waals surface area contributed by atoms with Crippen LogP contribution < -0.4 is 0 Å². The zero-order valence-electron chi connectivity index (χ0n) is 9.90. The molecule has 0 bridgehead atoms. The van der Waals surface area contributed by atoms with Gasteiger partial charge in [0.05, 0.1) is 6.42 Å². The average molecular weight is 226 g/mol. The summed E-state index contributed by atoms with van der Waals surface area (Å²) in [4.78, 5) is 15.4. The molecule has 4 heteroatoms. The minimum Gasteiger partial charge on any atom is -0.481 e. The van der Waals surface area contributed by atoms with Crippen LogP contribution in [0.25, 0.3) is 0 Å². The van der Waals surface area contributed by atoms with E-state index in [1.807, 2.05) is 0 Å². The number of hydrogen-bond acceptors (Lipinski definition) is 3. The lowest BCUT2D eigenvalue weighted by Crippen LogP contribution is -2.44. The van der Waals surface area contributed by atoms with Crippen molar-refractivity contribution >= 4 is 5.97 Å². The first-order valence-corrected chi connectivity index (χ1v) is 6.44. The molecule has 0 saturated carbocycles. The summed E-state index contributed by atoms with van der Waals surface area (Å²) < 4.78 is 0. The van der Waals surface area contributed by atoms with Gasteiger partial charge in [-0.3, -0.25) is 4.79 Å². The van der Waals surface area contributed by atoms with E-state index < -0.39 is 5.97 Å². The standard InChI is InChI=1S/C12H22N2O2/c15-12(16)5-10-13-8-3-11(4-9-13)14-6-1-2-7-14/h11H,1-10H2,(H,15,16). The summed E-state index contributed by atoms with van der Waals surface area (Å²) >= 11 is 0. The predicted molar refractivity (Wildman–Crippen MR) is 62.5 cm³/mol. The molecule has 0 aromatic rings. The summed E-state index contributed by atoms with van der Waals surface area (Å²) in [6.07, 6.45) is 5.45. The molecule has 0 aromatic heterocycles. The highest BCUT2D eigenvalue weighted by Crippen LogP contribution is 2.20. The molecule has 0 spiro atoms. The Morgan fingerprint density at radius 3 is 2.31 bits per heavy atom. The lowest BCUT2D eigenvalue weighted by Gasteiger charge is -2.36. The number of rotatable bonds is 4. The fourth-order valence-electron chi connectivity index (χ4n) is 2.87. The van der Waals surface area contributed by atoms with Gasteiger partial charge in [-0.25, -0.2) is 0 Å². The van der Waals surface area contributed by atoms with Crippen molar-refractivity contribution < 1.29 is 9.90 Å². The maximum absolute atomic E-state index is 10.5. The quantitative estimate of drug-likeness (QED) is 0.777. The first-order chi connectivity index (χ1) is 7.75. The summed E-state index contributed by atoms with van der Waals surface area (Å²) in [5.41, 5.74) is 0. The smallest absolute Gasteiger partial charge is 0.304 e. The SMILES string of the molecule is O=C(O)CCN1CCC(N2CCCC2)CC1. The second-order valence-electron chi connectivity index (χ2n) is 4.96. The van der Waals surface area contributed by atoms with E-state index in [1.165, 1.54) is 38.8 Å². The average Bonchev–Trinajstić information content (AvgIpc) is 2.80. The van der Waals surface area contributed by atoms with Crippen molar-refractivity contribution in [3.63, 3.8) is 0 Å². The van der Waals surface area contributed by atoms with Gasteiger partial charge in [-0.2, -0.15) is 0 Å². The predicted octanol–water partition coefficient (Wildman–Crippen LogP) is 1.02. The summed E-state index contributed by atoms with van der Waals surface area (Å²) in [5.74, 6) is -0.679. The number of likely N-dealkylation sites (tertiary alicyclic amines) is 2. The van der Waals surface area contributed by atoms with Crippen molar-refractivity contribution in [3.05, 3.63) is 0 Å². The van der Waals surface area contributed by atoms with Gasteiger partial charge in [0.15, 0.2) is 0 Å². The summed E-state index contributed by atoms with van der Waals surface area (Å²) in [6.45, 7) is 5.44. The van der Waals surface area contributed by atoms with Gasteiger partial charge >= 0.3 is 5.97 Å². The van der Waals surface area contributed by atoms with Crippen molar-refractivity contribution in [1.82, 2.24) is 9.80 Å². The van der Waals surface area contributed by atoms with Gasteiger partial charge in [-0.15, -0.1) is 0 Å². The molecular weight excluding hydrogens is 204 g/mol. The number of nitrogens with zero attached hydrogens (tertiary/aromatic N) is 2. The highest BCUT2D eigenvalue weighted by molar-refractivity contribution is 5.66. The van der Waals surface area contributed by atoms with Gasteiger partial charge in [0.2, 0.25) is 0 Å². The van der Waals surface area contributed by atoms with Crippen LogP contribution in [0.5, 0.6) is 0 Å². The number of piperidine rings is 1. The van der Waals surface area contributed by atoms with Crippen molar-refractivity contribution in [1.29, 1.82) is 0 Å². The molecule has 0 aromatic carbocycles. The highest BCUT2D eigenvalue weighted by atomic mass is 16.4. The zero-order valence-corrected chi connectivity index (χ0v) is 9.90. The van der Waals surface area contributed by atoms with Gasteiger partial charge in [0.25, 0.3) is 0 Å². The van der Waals surface area contributed by atoms with Crippen molar-refractivity contribution in [2.24, 2.45) is 0 Å². The largest absolute Gasteiger partial charge is 0.481 e. The monoisotopic (exact) mass is 226 g/mol. The van der Waals surface area contributed by atoms with Crippen LogP contribution in [0.2, 0.25) is 0 Å². The van der Waals surface area contributed by atoms with E-state index >= 15 is 0 Å². The fourth-order valence-corrected chi connectivity index (χ4v) is 2.87. The minimum absolute atomic E-state index is 0.286. The van der Waals surface area contributed by atoms with Gasteiger partial charge in [-0.05, 0) is 51.9 Å². The zero-order chi connectivity index (χ0) is 11.4. The van der Waals surface area contributed by atoms with Crippen molar-refractivity contribution in [2.75, 3.05) is 32.7 Å². The molecule has 4 nitrogen and oxygen atoms in total. The molecular formula is C12H22N2O2. The molecule has 0 radical (unpaired) electrons. The molecule has 16 heavy (non-hydrogen) atoms. The van der Waals surface area contributed by atoms with E-state index in [2.05, 4.69) is 9.80 Å². The van der Waals surface area contributed by atoms with E-state index in [4.69, 9.17) is 5.11 Å². The number of hydrogen-bond donors (Lipinski definition) is 1. The van der Waals surface area contributed by atoms with Gasteiger partial charge < -0.3 is 14.9 Å². The van der Waals surface area contributed by atoms with Crippen LogP contribution in [0.1, 0.15) is 32.1 Å². The Kier molecular flexibility index (Phi) is 4.18. The van der Waals surface area contributed by atoms with E-state index in [1.54, 1.807) is 0 Å². The van der Waals surface area contributed by atoms with Crippen LogP contribution in [0, 0.1) is 0 Å². The van der Waals surface area contributed by atoms with Gasteiger partial charge in [0.1, 0.15) is 0 Å². The molecule has 2 aliphatic rings. The Hall–Kier alpha value is -0.610. The molecule has 2 aliphatic heterocycles. The lowest BCUT2D eigenvalue weighted by molar-refractivity contribution is -0.137. The van der Waals surface area contributed by atoms with E-state index in [0.717, 1.165) is 25.7 Å². The second-order valence-corrected chi connectivity index (χ2v) is 4.96. The minimum atomic E-state index is -0.679. The molecule has 2 heterocycles. The number of carboxylic acids is 1. The number of carboxylic acid groups (broad SMARTS) is 1. The maximum atomic E-state index is 10.5. The molecule has 2 saturated heterocycles. The fraction of sp³-hybridized carbons (Fsp3) is 0.917. The maximum Gasteiger partial charge on any atom is 0.304 e. The van der Waals surface area contributed by atoms with Crippen LogP contribution in [0.3, 0.4) is 0 Å². The molecule has 1 N–H and O–H groups in total. The molecule has 2 rings (SSSR count). The number of carbonyl (C=O) groups is 1. The van der Waals surface area contributed by atoms with Crippen LogP contribution in [0.15, 0.2) is 0 Å². The van der Waals surface area contributed by atoms with Gasteiger partial charge in [0, 0.05) is 12.6 Å². The van der Waals surface area contributed by atoms with Crippen molar-refractivity contribution in [2.45, 2.75) is 38.1 Å². The third kappa shape index (κ3) is 3.19. The Labute approximate surface area is 97.2 Å². The van der Waals surface area contributed by atoms with Crippen LogP contribution >= 0.6 is 0 Å². The Balaban J connectivity index is 1.67. The van der Waals surface area contributed by atoms with E-state index in [9.17, 15) is 4.79 Å². The third-order valence-electron chi connectivity index (χ3n) is 3.86. The summed E-state index contributed by atoms with van der Waals surface area (Å²) in [7, 11) is 0. The molecule has 0 unspecified atom stereocenters. The highest BCUT2D eigenvalue weighted by Gasteiger charge is 2.26. The molecule has 0 atom stereocenters. The lowest BCUT2D eigenvalue weighted by atomic mass is 10.0. The summed E-state index contributed by atoms with van der Waals surface area (Å²) in [5, 5.41) is 8.63. The Morgan fingerprint density at radius 2 is 1.75 bits per heavy atom. The molecule has 0 aliphatic carbocycles. The normalized spacial score (nSPS) is 25.0. The van der Waals surface area contributed by atoms with E-state index in [0.29, 0.717) is 0 Å². The third-order valence-corrected chi connectivity index (χ3v) is 3.86. The van der Waals surface area contributed by atoms with Crippen LogP contribution in [0.4, 0.5) is 0 Å². The Bertz CT molecular complexity index is 231. The first-order valence-electron chi connectivity index (χ1n) is 6.44. The van der Waals surface area contributed by atoms with Crippen LogP contribution in [-0.2, 0) is 4.79 Å². The summed E-state index contributed by atoms with van der Waals surface area (Å²) in [6, 6.07) is 0.767.